The van der Waals surface area contributed by atoms with Crippen molar-refractivity contribution >= 4 is 35.0 Å². The first-order valence-electron chi connectivity index (χ1n) is 7.91. The molecule has 6 nitrogen and oxygen atoms in total. The molecule has 0 spiro atoms. The van der Waals surface area contributed by atoms with Gasteiger partial charge in [-0.05, 0) is 41.6 Å². The fourth-order valence-corrected chi connectivity index (χ4v) is 3.43. The molecule has 0 aliphatic carbocycles. The summed E-state index contributed by atoms with van der Waals surface area (Å²) in [5.41, 5.74) is 0.789. The molecule has 1 heterocycles. The molecule has 3 rings (SSSR count). The Labute approximate surface area is 165 Å². The lowest BCUT2D eigenvalue weighted by Crippen LogP contribution is -2.05. The zero-order valence-corrected chi connectivity index (χ0v) is 16.3. The fraction of sp³-hybridized carbons (Fsp3) is 0.235. The van der Waals surface area contributed by atoms with E-state index in [-0.39, 0.29) is 0 Å². The fourth-order valence-electron chi connectivity index (χ4n) is 2.23. The lowest BCUT2D eigenvalue weighted by atomic mass is 10.3. The van der Waals surface area contributed by atoms with Crippen LogP contribution in [0.15, 0.2) is 47.6 Å². The van der Waals surface area contributed by atoms with Crippen LogP contribution in [-0.2, 0) is 0 Å². The third-order valence-corrected chi connectivity index (χ3v) is 4.79. The zero-order chi connectivity index (χ0) is 18.4. The Morgan fingerprint density at radius 1 is 1.04 bits per heavy atom. The van der Waals surface area contributed by atoms with Crippen molar-refractivity contribution in [1.29, 1.82) is 0 Å². The number of nitrogens with zero attached hydrogens (tertiary/aromatic N) is 4. The van der Waals surface area contributed by atoms with Crippen LogP contribution in [-0.4, -0.2) is 39.2 Å². The highest BCUT2D eigenvalue weighted by molar-refractivity contribution is 7.99. The highest BCUT2D eigenvalue weighted by atomic mass is 35.5. The molecule has 0 aliphatic rings. The second kappa shape index (κ2) is 9.12. The van der Waals surface area contributed by atoms with Crippen LogP contribution >= 0.6 is 35.0 Å². The van der Waals surface area contributed by atoms with Crippen molar-refractivity contribution in [3.8, 4) is 17.2 Å². The van der Waals surface area contributed by atoms with Crippen LogP contribution in [0.5, 0.6) is 11.5 Å². The number of halogens is 2. The van der Waals surface area contributed by atoms with E-state index in [2.05, 4.69) is 15.5 Å². The highest BCUT2D eigenvalue weighted by Crippen LogP contribution is 2.32. The number of tetrazole rings is 1. The smallest absolute Gasteiger partial charge is 0.214 e. The molecule has 2 aromatic carbocycles. The number of aromatic nitrogens is 4. The number of hydrogen-bond acceptors (Lipinski definition) is 6. The van der Waals surface area contributed by atoms with Crippen LogP contribution < -0.4 is 9.47 Å². The standard InChI is InChI=1S/C17H16Cl2N4O2S/c1-2-24-15-9-4-3-8-14(15)23-17(20-21-22-23)26-11-10-25-16-12(18)6-5-7-13(16)19/h3-9H,2,10-11H2,1H3. The first-order chi connectivity index (χ1) is 12.7. The predicted octanol–water partition coefficient (Wildman–Crippen LogP) is 4.54. The van der Waals surface area contributed by atoms with Crippen LogP contribution in [0.4, 0.5) is 0 Å². The van der Waals surface area contributed by atoms with Gasteiger partial charge in [-0.25, -0.2) is 0 Å². The molecule has 0 aliphatic heterocycles. The minimum absolute atomic E-state index is 0.411. The second-order valence-corrected chi connectivity index (χ2v) is 6.90. The summed E-state index contributed by atoms with van der Waals surface area (Å²) in [7, 11) is 0. The third-order valence-electron chi connectivity index (χ3n) is 3.31. The Morgan fingerprint density at radius 3 is 2.58 bits per heavy atom. The van der Waals surface area contributed by atoms with Crippen molar-refractivity contribution in [1.82, 2.24) is 20.2 Å². The summed E-state index contributed by atoms with van der Waals surface area (Å²) in [5.74, 6) is 1.83. The number of thioether (sulfide) groups is 1. The van der Waals surface area contributed by atoms with E-state index in [4.69, 9.17) is 32.7 Å². The van der Waals surface area contributed by atoms with E-state index in [0.717, 1.165) is 11.4 Å². The summed E-state index contributed by atoms with van der Waals surface area (Å²) in [5, 5.41) is 13.5. The molecule has 26 heavy (non-hydrogen) atoms. The van der Waals surface area contributed by atoms with Gasteiger partial charge in [-0.15, -0.1) is 5.10 Å². The third kappa shape index (κ3) is 4.41. The summed E-state index contributed by atoms with van der Waals surface area (Å²) in [4.78, 5) is 0. The summed E-state index contributed by atoms with van der Waals surface area (Å²) in [6, 6.07) is 12.9. The molecule has 0 unspecified atom stereocenters. The van der Waals surface area contributed by atoms with Gasteiger partial charge in [0.15, 0.2) is 5.75 Å². The molecule has 0 saturated heterocycles. The minimum atomic E-state index is 0.411. The van der Waals surface area contributed by atoms with E-state index in [1.165, 1.54) is 11.8 Å². The normalized spacial score (nSPS) is 10.7. The first kappa shape index (κ1) is 18.8. The topological polar surface area (TPSA) is 62.1 Å². The molecule has 0 radical (unpaired) electrons. The van der Waals surface area contributed by atoms with Gasteiger partial charge in [-0.1, -0.05) is 53.2 Å². The van der Waals surface area contributed by atoms with Crippen molar-refractivity contribution in [3.63, 3.8) is 0 Å². The maximum absolute atomic E-state index is 6.09. The van der Waals surface area contributed by atoms with Crippen molar-refractivity contribution in [2.75, 3.05) is 19.0 Å². The van der Waals surface area contributed by atoms with E-state index < -0.39 is 0 Å². The van der Waals surface area contributed by atoms with Gasteiger partial charge in [-0.3, -0.25) is 0 Å². The Morgan fingerprint density at radius 2 is 1.81 bits per heavy atom. The molecule has 0 fully saturated rings. The average Bonchev–Trinajstić information content (AvgIpc) is 3.10. The Bertz CT molecular complexity index is 855. The number of ether oxygens (including phenoxy) is 2. The molecule has 0 N–H and O–H groups in total. The largest absolute Gasteiger partial charge is 0.492 e. The maximum Gasteiger partial charge on any atom is 0.214 e. The number of para-hydroxylation sites is 3. The van der Waals surface area contributed by atoms with E-state index >= 15 is 0 Å². The first-order valence-corrected chi connectivity index (χ1v) is 9.65. The van der Waals surface area contributed by atoms with Crippen LogP contribution in [0.2, 0.25) is 10.0 Å². The molecule has 0 bridgehead atoms. The molecule has 0 saturated carbocycles. The van der Waals surface area contributed by atoms with Crippen LogP contribution in [0, 0.1) is 0 Å². The maximum atomic E-state index is 6.09. The second-order valence-electron chi connectivity index (χ2n) is 5.02. The van der Waals surface area contributed by atoms with Gasteiger partial charge in [0.05, 0.1) is 23.3 Å². The van der Waals surface area contributed by atoms with Gasteiger partial charge in [0.1, 0.15) is 11.4 Å². The molecule has 0 amide bonds. The lowest BCUT2D eigenvalue weighted by molar-refractivity contribution is 0.337. The molecule has 136 valence electrons. The number of hydrogen-bond donors (Lipinski definition) is 0. The van der Waals surface area contributed by atoms with Crippen LogP contribution in [0.1, 0.15) is 6.92 Å². The van der Waals surface area contributed by atoms with Crippen molar-refractivity contribution in [2.45, 2.75) is 12.1 Å². The van der Waals surface area contributed by atoms with Gasteiger partial charge in [0.2, 0.25) is 5.16 Å². The molecular weight excluding hydrogens is 395 g/mol. The van der Waals surface area contributed by atoms with Gasteiger partial charge in [0.25, 0.3) is 0 Å². The SMILES string of the molecule is CCOc1ccccc1-n1nnnc1SCCOc1c(Cl)cccc1Cl. The monoisotopic (exact) mass is 410 g/mol. The summed E-state index contributed by atoms with van der Waals surface area (Å²) in [6.45, 7) is 2.91. The van der Waals surface area contributed by atoms with Crippen molar-refractivity contribution < 1.29 is 9.47 Å². The molecule has 3 aromatic rings. The van der Waals surface area contributed by atoms with E-state index in [9.17, 15) is 0 Å². The number of benzene rings is 2. The minimum Gasteiger partial charge on any atom is -0.492 e. The Hall–Kier alpha value is -1.96. The van der Waals surface area contributed by atoms with Gasteiger partial charge >= 0.3 is 0 Å². The van der Waals surface area contributed by atoms with Crippen LogP contribution in [0.25, 0.3) is 5.69 Å². The van der Waals surface area contributed by atoms with Crippen molar-refractivity contribution in [2.24, 2.45) is 0 Å². The number of rotatable bonds is 8. The molecule has 0 atom stereocenters. The molecule has 9 heteroatoms. The van der Waals surface area contributed by atoms with Gasteiger partial charge in [-0.2, -0.15) is 4.68 Å². The zero-order valence-electron chi connectivity index (χ0n) is 13.9. The summed E-state index contributed by atoms with van der Waals surface area (Å²) < 4.78 is 13.0. The van der Waals surface area contributed by atoms with Gasteiger partial charge in [0, 0.05) is 5.75 Å². The highest BCUT2D eigenvalue weighted by Gasteiger charge is 2.13. The Balaban J connectivity index is 1.65. The van der Waals surface area contributed by atoms with Crippen LogP contribution in [0.3, 0.4) is 0 Å². The lowest BCUT2D eigenvalue weighted by Gasteiger charge is -2.11. The van der Waals surface area contributed by atoms with E-state index in [1.807, 2.05) is 31.2 Å². The average molecular weight is 411 g/mol. The quantitative estimate of drug-likeness (QED) is 0.401. The van der Waals surface area contributed by atoms with Gasteiger partial charge < -0.3 is 9.47 Å². The Kier molecular flexibility index (Phi) is 6.60. The molecule has 1 aromatic heterocycles. The van der Waals surface area contributed by atoms with E-state index in [1.54, 1.807) is 22.9 Å². The predicted molar refractivity (Wildman–Crippen MR) is 103 cm³/mol. The summed E-state index contributed by atoms with van der Waals surface area (Å²) >= 11 is 13.7. The van der Waals surface area contributed by atoms with Crippen molar-refractivity contribution in [3.05, 3.63) is 52.5 Å². The van der Waals surface area contributed by atoms with E-state index in [0.29, 0.717) is 39.9 Å². The summed E-state index contributed by atoms with van der Waals surface area (Å²) in [6.07, 6.45) is 0. The molecular formula is C17H16Cl2N4O2S.